The number of ketones is 1. The molecule has 4 heteroatoms. The molecule has 0 aromatic heterocycles. The van der Waals surface area contributed by atoms with Crippen molar-refractivity contribution in [2.45, 2.75) is 6.92 Å². The second kappa shape index (κ2) is 6.40. The minimum Gasteiger partial charge on any atom is -0.288 e. The summed E-state index contributed by atoms with van der Waals surface area (Å²) in [5.74, 6) is -1.85. The topological polar surface area (TPSA) is 66.4 Å². The molecule has 0 fully saturated rings. The first-order valence-electron chi connectivity index (χ1n) is 5.03. The van der Waals surface area contributed by atoms with E-state index in [9.17, 15) is 9.59 Å². The van der Waals surface area contributed by atoms with Crippen LogP contribution in [0.15, 0.2) is 48.1 Å². The van der Waals surface area contributed by atoms with Gasteiger partial charge in [0.15, 0.2) is 0 Å². The second-order valence-corrected chi connectivity index (χ2v) is 3.44. The molecular formula is C13H13NO3. The van der Waals surface area contributed by atoms with Crippen molar-refractivity contribution in [2.75, 3.05) is 0 Å². The molecule has 1 amide bonds. The van der Waals surface area contributed by atoms with Crippen molar-refractivity contribution in [1.29, 1.82) is 0 Å². The van der Waals surface area contributed by atoms with Gasteiger partial charge in [-0.3, -0.25) is 14.8 Å². The van der Waals surface area contributed by atoms with Crippen molar-refractivity contribution in [1.82, 2.24) is 5.48 Å². The normalized spacial score (nSPS) is 11.5. The van der Waals surface area contributed by atoms with Crippen molar-refractivity contribution in [3.8, 4) is 0 Å². The van der Waals surface area contributed by atoms with Gasteiger partial charge in [-0.15, -0.1) is 0 Å². The average molecular weight is 231 g/mol. The molecule has 0 aliphatic carbocycles. The molecule has 0 unspecified atom stereocenters. The lowest BCUT2D eigenvalue weighted by Gasteiger charge is -1.95. The van der Waals surface area contributed by atoms with Crippen molar-refractivity contribution < 1.29 is 14.8 Å². The summed E-state index contributed by atoms with van der Waals surface area (Å²) in [6.07, 6.45) is 4.51. The molecule has 0 spiro atoms. The zero-order valence-corrected chi connectivity index (χ0v) is 9.38. The number of hydrogen-bond acceptors (Lipinski definition) is 3. The number of hydrogen-bond donors (Lipinski definition) is 2. The van der Waals surface area contributed by atoms with Gasteiger partial charge < -0.3 is 0 Å². The molecule has 0 radical (unpaired) electrons. The first-order valence-corrected chi connectivity index (χ1v) is 5.03. The Balaban J connectivity index is 2.70. The highest BCUT2D eigenvalue weighted by atomic mass is 16.5. The van der Waals surface area contributed by atoms with E-state index in [1.807, 2.05) is 43.3 Å². The van der Waals surface area contributed by atoms with Crippen molar-refractivity contribution >= 4 is 17.8 Å². The maximum atomic E-state index is 11.0. The quantitative estimate of drug-likeness (QED) is 0.272. The molecule has 4 nitrogen and oxygen atoms in total. The fourth-order valence-corrected chi connectivity index (χ4v) is 1.20. The summed E-state index contributed by atoms with van der Waals surface area (Å²) in [5, 5.41) is 8.24. The summed E-state index contributed by atoms with van der Waals surface area (Å²) in [6.45, 7) is 1.81. The smallest absolute Gasteiger partial charge is 0.288 e. The van der Waals surface area contributed by atoms with E-state index in [2.05, 4.69) is 0 Å². The van der Waals surface area contributed by atoms with Crippen LogP contribution in [0.25, 0.3) is 6.08 Å². The molecule has 0 bridgehead atoms. The van der Waals surface area contributed by atoms with Crippen LogP contribution in [0.5, 0.6) is 0 Å². The van der Waals surface area contributed by atoms with Crippen molar-refractivity contribution in [2.24, 2.45) is 0 Å². The van der Waals surface area contributed by atoms with Crippen LogP contribution in [-0.4, -0.2) is 16.9 Å². The van der Waals surface area contributed by atoms with E-state index in [-0.39, 0.29) is 0 Å². The molecule has 88 valence electrons. The van der Waals surface area contributed by atoms with Gasteiger partial charge in [-0.25, -0.2) is 5.48 Å². The fraction of sp³-hybridized carbons (Fsp3) is 0.0769. The van der Waals surface area contributed by atoms with Gasteiger partial charge in [-0.05, 0) is 18.6 Å². The van der Waals surface area contributed by atoms with E-state index in [1.54, 1.807) is 0 Å². The van der Waals surface area contributed by atoms with Crippen LogP contribution in [0.2, 0.25) is 0 Å². The van der Waals surface area contributed by atoms with E-state index in [0.29, 0.717) is 0 Å². The van der Waals surface area contributed by atoms with Crippen molar-refractivity contribution in [3.05, 3.63) is 53.6 Å². The average Bonchev–Trinajstić information content (AvgIpc) is 2.36. The van der Waals surface area contributed by atoms with Crippen molar-refractivity contribution in [3.63, 3.8) is 0 Å². The molecule has 1 aromatic rings. The molecule has 0 aliphatic rings. The largest absolute Gasteiger partial charge is 0.315 e. The number of nitrogens with one attached hydrogen (secondary N) is 1. The van der Waals surface area contributed by atoms with Crippen LogP contribution in [0, 0.1) is 0 Å². The summed E-state index contributed by atoms with van der Waals surface area (Å²) < 4.78 is 0. The lowest BCUT2D eigenvalue weighted by atomic mass is 10.1. The van der Waals surface area contributed by atoms with Gasteiger partial charge in [-0.1, -0.05) is 48.1 Å². The number of hydroxylamine groups is 1. The fourth-order valence-electron chi connectivity index (χ4n) is 1.20. The lowest BCUT2D eigenvalue weighted by Crippen LogP contribution is -2.26. The first kappa shape index (κ1) is 12.9. The monoisotopic (exact) mass is 231 g/mol. The standard InChI is InChI=1S/C13H13NO3/c1-10(7-8-12(15)13(16)14-17)9-11-5-3-2-4-6-11/h2-9,17H,1H3,(H,14,16)/b8-7+,10-9+. The predicted molar refractivity (Wildman–Crippen MR) is 64.2 cm³/mol. The van der Waals surface area contributed by atoms with Crippen LogP contribution in [-0.2, 0) is 9.59 Å². The predicted octanol–water partition coefficient (Wildman–Crippen LogP) is 1.72. The van der Waals surface area contributed by atoms with Crippen LogP contribution in [0.3, 0.4) is 0 Å². The minimum absolute atomic E-state index is 0.798. The summed E-state index contributed by atoms with van der Waals surface area (Å²) in [7, 11) is 0. The van der Waals surface area contributed by atoms with Crippen LogP contribution in [0.4, 0.5) is 0 Å². The molecule has 0 atom stereocenters. The molecule has 2 N–H and O–H groups in total. The van der Waals surface area contributed by atoms with Gasteiger partial charge >= 0.3 is 5.91 Å². The Hall–Kier alpha value is -2.20. The van der Waals surface area contributed by atoms with Gasteiger partial charge in [0, 0.05) is 0 Å². The third-order valence-corrected chi connectivity index (χ3v) is 2.02. The van der Waals surface area contributed by atoms with E-state index < -0.39 is 11.7 Å². The van der Waals surface area contributed by atoms with Crippen LogP contribution >= 0.6 is 0 Å². The highest BCUT2D eigenvalue weighted by molar-refractivity contribution is 6.40. The van der Waals surface area contributed by atoms with E-state index in [1.165, 1.54) is 11.6 Å². The summed E-state index contributed by atoms with van der Waals surface area (Å²) >= 11 is 0. The lowest BCUT2D eigenvalue weighted by molar-refractivity contribution is -0.140. The highest BCUT2D eigenvalue weighted by Crippen LogP contribution is 2.06. The Bertz CT molecular complexity index is 461. The number of carbonyl (C=O) groups is 2. The van der Waals surface area contributed by atoms with E-state index in [4.69, 9.17) is 5.21 Å². The first-order chi connectivity index (χ1) is 8.13. The van der Waals surface area contributed by atoms with Crippen LogP contribution in [0.1, 0.15) is 12.5 Å². The number of benzene rings is 1. The maximum Gasteiger partial charge on any atom is 0.315 e. The molecule has 0 aliphatic heterocycles. The zero-order valence-electron chi connectivity index (χ0n) is 9.38. The Morgan fingerprint density at radius 2 is 1.82 bits per heavy atom. The van der Waals surface area contributed by atoms with Gasteiger partial charge in [0.05, 0.1) is 0 Å². The SMILES string of the molecule is CC(/C=C/C(=O)C(=O)NO)=C\c1ccccc1. The summed E-state index contributed by atoms with van der Waals surface area (Å²) in [4.78, 5) is 21.7. The Morgan fingerprint density at radius 3 is 2.41 bits per heavy atom. The van der Waals surface area contributed by atoms with Gasteiger partial charge in [0.25, 0.3) is 0 Å². The maximum absolute atomic E-state index is 11.0. The molecule has 1 aromatic carbocycles. The minimum atomic E-state index is -1.05. The number of allylic oxidation sites excluding steroid dienone is 2. The summed E-state index contributed by atoms with van der Waals surface area (Å²) in [5.41, 5.74) is 3.12. The summed E-state index contributed by atoms with van der Waals surface area (Å²) in [6, 6.07) is 9.59. The molecule has 0 saturated carbocycles. The van der Waals surface area contributed by atoms with Gasteiger partial charge in [0.1, 0.15) is 0 Å². The van der Waals surface area contributed by atoms with Crippen LogP contribution < -0.4 is 5.48 Å². The number of rotatable bonds is 4. The third-order valence-electron chi connectivity index (χ3n) is 2.02. The third kappa shape index (κ3) is 4.44. The van der Waals surface area contributed by atoms with E-state index in [0.717, 1.165) is 17.2 Å². The Labute approximate surface area is 99.2 Å². The molecule has 0 heterocycles. The second-order valence-electron chi connectivity index (χ2n) is 3.44. The highest BCUT2D eigenvalue weighted by Gasteiger charge is 2.06. The molecular weight excluding hydrogens is 218 g/mol. The molecule has 0 saturated heterocycles. The Morgan fingerprint density at radius 1 is 1.18 bits per heavy atom. The zero-order chi connectivity index (χ0) is 12.7. The molecule has 1 rings (SSSR count). The Kier molecular flexibility index (Phi) is 4.84. The van der Waals surface area contributed by atoms with E-state index >= 15 is 0 Å². The van der Waals surface area contributed by atoms with Gasteiger partial charge in [-0.2, -0.15) is 0 Å². The molecule has 17 heavy (non-hydrogen) atoms. The van der Waals surface area contributed by atoms with Gasteiger partial charge in [0.2, 0.25) is 5.78 Å². The number of amides is 1. The number of carbonyl (C=O) groups excluding carboxylic acids is 2.